The molecule has 0 fully saturated rings. The summed E-state index contributed by atoms with van der Waals surface area (Å²) in [6.07, 6.45) is 11.7. The molecule has 0 saturated carbocycles. The van der Waals surface area contributed by atoms with Gasteiger partial charge in [-0.3, -0.25) is 4.55 Å². The summed E-state index contributed by atoms with van der Waals surface area (Å²) >= 11 is 0. The molecule has 0 aromatic heterocycles. The quantitative estimate of drug-likeness (QED) is 0.359. The number of rotatable bonds is 11. The van der Waals surface area contributed by atoms with E-state index < -0.39 is 10.1 Å². The molecule has 0 aromatic carbocycles. The van der Waals surface area contributed by atoms with Crippen LogP contribution in [0.25, 0.3) is 0 Å². The number of hydrogen-bond donors (Lipinski definition) is 1. The van der Waals surface area contributed by atoms with E-state index in [4.69, 9.17) is 4.55 Å². The van der Waals surface area contributed by atoms with Gasteiger partial charge in [0, 0.05) is 16.8 Å². The standard InChI is InChI=1S/C12H26O3S.Co.Na.H/c1-2-3-4-5-6-7-8-9-10-11-12-16(13,14)15;;;/h2-12H2,1H3,(H,13,14,15);;;. The summed E-state index contributed by atoms with van der Waals surface area (Å²) in [6, 6.07) is 0. The van der Waals surface area contributed by atoms with Crippen molar-refractivity contribution in [2.45, 2.75) is 71.1 Å². The molecule has 0 saturated heterocycles. The maximum atomic E-state index is 10.4. The molecular weight excluding hydrogens is 306 g/mol. The maximum absolute atomic E-state index is 10.4. The van der Waals surface area contributed by atoms with E-state index >= 15 is 0 Å². The summed E-state index contributed by atoms with van der Waals surface area (Å²) < 4.78 is 29.4. The Balaban J connectivity index is -0.00000112. The first kappa shape index (κ1) is 24.4. The van der Waals surface area contributed by atoms with E-state index in [1.165, 1.54) is 44.9 Å². The Morgan fingerprint density at radius 1 is 0.778 bits per heavy atom. The zero-order valence-corrected chi connectivity index (χ0v) is 12.6. The Morgan fingerprint density at radius 3 is 1.44 bits per heavy atom. The molecular formula is C12H27CoNaO3S. The summed E-state index contributed by atoms with van der Waals surface area (Å²) in [6.45, 7) is 2.22. The average Bonchev–Trinajstić information content (AvgIpc) is 2.19. The van der Waals surface area contributed by atoms with Crippen LogP contribution in [0.15, 0.2) is 0 Å². The van der Waals surface area contributed by atoms with Crippen molar-refractivity contribution in [2.75, 3.05) is 5.75 Å². The fourth-order valence-corrected chi connectivity index (χ4v) is 2.34. The molecule has 1 N–H and O–H groups in total. The van der Waals surface area contributed by atoms with Gasteiger partial charge in [0.25, 0.3) is 10.1 Å². The van der Waals surface area contributed by atoms with Crippen molar-refractivity contribution in [1.29, 1.82) is 0 Å². The minimum atomic E-state index is -3.73. The van der Waals surface area contributed by atoms with Crippen LogP contribution in [0, 0.1) is 0 Å². The molecule has 0 unspecified atom stereocenters. The van der Waals surface area contributed by atoms with Gasteiger partial charge in [0.2, 0.25) is 0 Å². The zero-order chi connectivity index (χ0) is 12.3. The van der Waals surface area contributed by atoms with Crippen molar-refractivity contribution < 1.29 is 29.7 Å². The van der Waals surface area contributed by atoms with Gasteiger partial charge in [0.15, 0.2) is 0 Å². The van der Waals surface area contributed by atoms with Crippen LogP contribution in [-0.4, -0.2) is 48.3 Å². The van der Waals surface area contributed by atoms with Gasteiger partial charge in [-0.1, -0.05) is 64.7 Å². The van der Waals surface area contributed by atoms with E-state index in [1.54, 1.807) is 0 Å². The van der Waals surface area contributed by atoms with Crippen molar-refractivity contribution in [3.05, 3.63) is 0 Å². The first-order chi connectivity index (χ1) is 7.56. The Labute approximate surface area is 145 Å². The Bertz CT molecular complexity index is 246. The molecule has 0 aromatic rings. The first-order valence-electron chi connectivity index (χ1n) is 6.51. The molecule has 109 valence electrons. The van der Waals surface area contributed by atoms with Gasteiger partial charge in [0.05, 0.1) is 5.75 Å². The number of unbranched alkanes of at least 4 members (excludes halogenated alkanes) is 9. The van der Waals surface area contributed by atoms with E-state index in [2.05, 4.69) is 6.92 Å². The second-order valence-electron chi connectivity index (χ2n) is 4.47. The van der Waals surface area contributed by atoms with Crippen LogP contribution in [0.5, 0.6) is 0 Å². The van der Waals surface area contributed by atoms with Crippen molar-refractivity contribution in [3.8, 4) is 0 Å². The Hall–Kier alpha value is 1.42. The van der Waals surface area contributed by atoms with E-state index in [0.29, 0.717) is 6.42 Å². The van der Waals surface area contributed by atoms with Crippen LogP contribution < -0.4 is 0 Å². The molecule has 18 heavy (non-hydrogen) atoms. The third-order valence-electron chi connectivity index (χ3n) is 2.76. The Morgan fingerprint density at radius 2 is 1.11 bits per heavy atom. The van der Waals surface area contributed by atoms with Gasteiger partial charge >= 0.3 is 29.6 Å². The van der Waals surface area contributed by atoms with Crippen LogP contribution >= 0.6 is 0 Å². The number of hydrogen-bond acceptors (Lipinski definition) is 2. The Kier molecular flexibility index (Phi) is 22.4. The van der Waals surface area contributed by atoms with Gasteiger partial charge in [0.1, 0.15) is 0 Å². The summed E-state index contributed by atoms with van der Waals surface area (Å²) in [5, 5.41) is 0. The molecule has 0 rings (SSSR count). The molecule has 0 aliphatic heterocycles. The molecule has 0 aliphatic rings. The molecule has 6 heteroatoms. The van der Waals surface area contributed by atoms with Crippen LogP contribution in [0.4, 0.5) is 0 Å². The third kappa shape index (κ3) is 22.6. The van der Waals surface area contributed by atoms with Crippen molar-refractivity contribution in [2.24, 2.45) is 0 Å². The van der Waals surface area contributed by atoms with Gasteiger partial charge < -0.3 is 0 Å². The van der Waals surface area contributed by atoms with Gasteiger partial charge in [-0.2, -0.15) is 8.42 Å². The first-order valence-corrected chi connectivity index (χ1v) is 8.12. The SMILES string of the molecule is CCCCCCCCCCCCS(=O)(=O)O.[Co].[NaH]. The van der Waals surface area contributed by atoms with Crippen LogP contribution in [0.1, 0.15) is 71.1 Å². The second kappa shape index (κ2) is 16.5. The summed E-state index contributed by atoms with van der Waals surface area (Å²) in [5.41, 5.74) is 0. The molecule has 0 atom stereocenters. The molecule has 0 bridgehead atoms. The molecule has 0 amide bonds. The minimum absolute atomic E-state index is 0. The molecule has 1 radical (unpaired) electrons. The van der Waals surface area contributed by atoms with Gasteiger partial charge in [-0.05, 0) is 6.42 Å². The van der Waals surface area contributed by atoms with E-state index in [-0.39, 0.29) is 52.1 Å². The summed E-state index contributed by atoms with van der Waals surface area (Å²) in [4.78, 5) is 0. The van der Waals surface area contributed by atoms with Crippen LogP contribution in [0.3, 0.4) is 0 Å². The zero-order valence-electron chi connectivity index (χ0n) is 10.8. The van der Waals surface area contributed by atoms with E-state index in [1.807, 2.05) is 0 Å². The monoisotopic (exact) mass is 333 g/mol. The normalized spacial score (nSPS) is 10.6. The van der Waals surface area contributed by atoms with Crippen molar-refractivity contribution >= 4 is 39.7 Å². The fraction of sp³-hybridized carbons (Fsp3) is 1.00. The van der Waals surface area contributed by atoms with Crippen LogP contribution in [0.2, 0.25) is 0 Å². The summed E-state index contributed by atoms with van der Waals surface area (Å²) in [7, 11) is -3.73. The molecule has 0 aliphatic carbocycles. The molecule has 0 heterocycles. The topological polar surface area (TPSA) is 54.4 Å². The predicted octanol–water partition coefficient (Wildman–Crippen LogP) is 3.14. The molecule has 3 nitrogen and oxygen atoms in total. The van der Waals surface area contributed by atoms with Gasteiger partial charge in [-0.15, -0.1) is 0 Å². The van der Waals surface area contributed by atoms with Crippen molar-refractivity contribution in [1.82, 2.24) is 0 Å². The van der Waals surface area contributed by atoms with Crippen molar-refractivity contribution in [3.63, 3.8) is 0 Å². The fourth-order valence-electron chi connectivity index (χ4n) is 1.77. The van der Waals surface area contributed by atoms with E-state index in [0.717, 1.165) is 12.8 Å². The predicted molar refractivity (Wildman–Crippen MR) is 75.4 cm³/mol. The third-order valence-corrected chi connectivity index (χ3v) is 3.56. The van der Waals surface area contributed by atoms with E-state index in [9.17, 15) is 8.42 Å². The summed E-state index contributed by atoms with van der Waals surface area (Å²) in [5.74, 6) is -0.0799. The van der Waals surface area contributed by atoms with Gasteiger partial charge in [-0.25, -0.2) is 0 Å². The molecule has 0 spiro atoms. The van der Waals surface area contributed by atoms with Crippen LogP contribution in [-0.2, 0) is 26.9 Å². The average molecular weight is 333 g/mol. The second-order valence-corrected chi connectivity index (χ2v) is 6.04.